The highest BCUT2D eigenvalue weighted by molar-refractivity contribution is 7.99. The molecule has 1 amide bonds. The van der Waals surface area contributed by atoms with Crippen LogP contribution in [0.25, 0.3) is 16.7 Å². The molecule has 0 saturated heterocycles. The first kappa shape index (κ1) is 20.9. The smallest absolute Gasteiger partial charge is 0.283 e. The number of thioether (sulfide) groups is 1. The number of amides is 1. The molecule has 0 atom stereocenters. The Morgan fingerprint density at radius 3 is 2.58 bits per heavy atom. The second-order valence-corrected chi connectivity index (χ2v) is 8.32. The third-order valence-corrected chi connectivity index (χ3v) is 5.77. The first-order valence-corrected chi connectivity index (χ1v) is 10.7. The molecule has 0 saturated carbocycles. The lowest BCUT2D eigenvalue weighted by molar-refractivity contribution is -0.113. The summed E-state index contributed by atoms with van der Waals surface area (Å²) in [5, 5.41) is 3.26. The molecular weight excluding hydrogens is 415 g/mol. The van der Waals surface area contributed by atoms with Crippen molar-refractivity contribution in [1.82, 2.24) is 14.5 Å². The fraction of sp³-hybridized carbons (Fsp3) is 0.174. The van der Waals surface area contributed by atoms with Gasteiger partial charge in [-0.15, -0.1) is 0 Å². The molecule has 2 aromatic carbocycles. The van der Waals surface area contributed by atoms with Crippen molar-refractivity contribution < 1.29 is 9.18 Å². The minimum absolute atomic E-state index is 0.0653. The van der Waals surface area contributed by atoms with Crippen LogP contribution in [0.5, 0.6) is 0 Å². The zero-order valence-corrected chi connectivity index (χ0v) is 18.1. The summed E-state index contributed by atoms with van der Waals surface area (Å²) in [6.45, 7) is 5.77. The van der Waals surface area contributed by atoms with E-state index in [0.29, 0.717) is 21.9 Å². The lowest BCUT2D eigenvalue weighted by Crippen LogP contribution is -2.23. The number of carbonyl (C=O) groups is 1. The van der Waals surface area contributed by atoms with E-state index in [1.165, 1.54) is 28.8 Å². The van der Waals surface area contributed by atoms with Crippen molar-refractivity contribution in [2.75, 3.05) is 11.1 Å². The largest absolute Gasteiger partial charge is 0.353 e. The Bertz CT molecular complexity index is 1340. The molecule has 2 heterocycles. The predicted molar refractivity (Wildman–Crippen MR) is 122 cm³/mol. The molecule has 4 aromatic rings. The third-order valence-electron chi connectivity index (χ3n) is 4.83. The van der Waals surface area contributed by atoms with E-state index in [0.717, 1.165) is 34.3 Å². The van der Waals surface area contributed by atoms with E-state index in [1.807, 2.05) is 39.0 Å². The fourth-order valence-corrected chi connectivity index (χ4v) is 4.18. The minimum Gasteiger partial charge on any atom is -0.353 e. The van der Waals surface area contributed by atoms with E-state index >= 15 is 0 Å². The van der Waals surface area contributed by atoms with Crippen molar-refractivity contribution in [3.63, 3.8) is 0 Å². The van der Waals surface area contributed by atoms with Gasteiger partial charge in [-0.1, -0.05) is 29.5 Å². The van der Waals surface area contributed by atoms with E-state index in [4.69, 9.17) is 0 Å². The van der Waals surface area contributed by atoms with Gasteiger partial charge in [0.05, 0.1) is 17.0 Å². The number of aromatic amines is 1. The lowest BCUT2D eigenvalue weighted by Gasteiger charge is -2.13. The van der Waals surface area contributed by atoms with Crippen LogP contribution in [-0.4, -0.2) is 26.2 Å². The fourth-order valence-electron chi connectivity index (χ4n) is 3.36. The SMILES string of the molecule is Cc1ccc(NC(=O)CSc2nc3cc(C)[nH]c3c(=O)n2-c2ccc(F)cc2)c(C)c1. The van der Waals surface area contributed by atoms with Crippen LogP contribution >= 0.6 is 11.8 Å². The first-order chi connectivity index (χ1) is 14.8. The van der Waals surface area contributed by atoms with Crippen molar-refractivity contribution in [3.8, 4) is 5.69 Å². The van der Waals surface area contributed by atoms with E-state index < -0.39 is 5.82 Å². The Kier molecular flexibility index (Phi) is 5.65. The molecule has 2 aromatic heterocycles. The number of aromatic nitrogens is 3. The van der Waals surface area contributed by atoms with Gasteiger partial charge in [0.1, 0.15) is 11.3 Å². The summed E-state index contributed by atoms with van der Waals surface area (Å²) in [5.41, 5.74) is 4.71. The number of carbonyl (C=O) groups excluding carboxylic acids is 1. The molecule has 4 rings (SSSR count). The van der Waals surface area contributed by atoms with E-state index in [2.05, 4.69) is 15.3 Å². The maximum atomic E-state index is 13.4. The van der Waals surface area contributed by atoms with Crippen molar-refractivity contribution >= 4 is 34.4 Å². The molecule has 0 radical (unpaired) electrons. The van der Waals surface area contributed by atoms with Crippen LogP contribution in [0.1, 0.15) is 16.8 Å². The molecule has 158 valence electrons. The number of nitrogens with one attached hydrogen (secondary N) is 2. The summed E-state index contributed by atoms with van der Waals surface area (Å²) >= 11 is 1.15. The lowest BCUT2D eigenvalue weighted by atomic mass is 10.1. The molecule has 6 nitrogen and oxygen atoms in total. The maximum absolute atomic E-state index is 13.4. The average molecular weight is 437 g/mol. The van der Waals surface area contributed by atoms with E-state index in [1.54, 1.807) is 6.07 Å². The summed E-state index contributed by atoms with van der Waals surface area (Å²) in [6, 6.07) is 13.2. The number of H-pyrrole nitrogens is 1. The van der Waals surface area contributed by atoms with E-state index in [-0.39, 0.29) is 17.2 Å². The molecule has 0 spiro atoms. The Hall–Kier alpha value is -3.39. The van der Waals surface area contributed by atoms with Crippen molar-refractivity contribution in [1.29, 1.82) is 0 Å². The highest BCUT2D eigenvalue weighted by atomic mass is 32.2. The summed E-state index contributed by atoms with van der Waals surface area (Å²) in [5.74, 6) is -0.540. The Morgan fingerprint density at radius 1 is 1.13 bits per heavy atom. The van der Waals surface area contributed by atoms with Gasteiger partial charge in [-0.25, -0.2) is 9.37 Å². The molecule has 0 bridgehead atoms. The number of rotatable bonds is 5. The minimum atomic E-state index is -0.399. The zero-order chi connectivity index (χ0) is 22.1. The highest BCUT2D eigenvalue weighted by Crippen LogP contribution is 2.23. The number of hydrogen-bond donors (Lipinski definition) is 2. The summed E-state index contributed by atoms with van der Waals surface area (Å²) in [7, 11) is 0. The average Bonchev–Trinajstić information content (AvgIpc) is 3.10. The van der Waals surface area contributed by atoms with Crippen molar-refractivity contribution in [2.45, 2.75) is 25.9 Å². The number of halogens is 1. The van der Waals surface area contributed by atoms with Gasteiger partial charge in [0.25, 0.3) is 5.56 Å². The van der Waals surface area contributed by atoms with Crippen LogP contribution in [0, 0.1) is 26.6 Å². The molecule has 31 heavy (non-hydrogen) atoms. The van der Waals surface area contributed by atoms with Gasteiger partial charge in [-0.2, -0.15) is 0 Å². The zero-order valence-electron chi connectivity index (χ0n) is 17.3. The van der Waals surface area contributed by atoms with Gasteiger partial charge in [0.15, 0.2) is 5.16 Å². The Morgan fingerprint density at radius 2 is 1.87 bits per heavy atom. The summed E-state index contributed by atoms with van der Waals surface area (Å²) in [6.07, 6.45) is 0. The second-order valence-electron chi connectivity index (χ2n) is 7.38. The quantitative estimate of drug-likeness (QED) is 0.356. The third kappa shape index (κ3) is 4.39. The van der Waals surface area contributed by atoms with Gasteiger partial charge in [-0.3, -0.25) is 14.2 Å². The van der Waals surface area contributed by atoms with Crippen LogP contribution in [-0.2, 0) is 4.79 Å². The molecule has 2 N–H and O–H groups in total. The number of aryl methyl sites for hydroxylation is 3. The number of benzene rings is 2. The van der Waals surface area contributed by atoms with Gasteiger partial charge in [0, 0.05) is 11.4 Å². The normalized spacial score (nSPS) is 11.1. The second kappa shape index (κ2) is 8.39. The van der Waals surface area contributed by atoms with Crippen LogP contribution in [0.4, 0.5) is 10.1 Å². The number of nitrogens with zero attached hydrogens (tertiary/aromatic N) is 2. The molecular formula is C23H21FN4O2S. The molecule has 8 heteroatoms. The van der Waals surface area contributed by atoms with Crippen LogP contribution in [0.3, 0.4) is 0 Å². The molecule has 0 aliphatic heterocycles. The van der Waals surface area contributed by atoms with Gasteiger partial charge >= 0.3 is 0 Å². The van der Waals surface area contributed by atoms with Crippen LogP contribution < -0.4 is 10.9 Å². The number of hydrogen-bond acceptors (Lipinski definition) is 4. The molecule has 0 fully saturated rings. The monoisotopic (exact) mass is 436 g/mol. The molecule has 0 aliphatic rings. The predicted octanol–water partition coefficient (Wildman–Crippen LogP) is 4.51. The van der Waals surface area contributed by atoms with Gasteiger partial charge in [0.2, 0.25) is 5.91 Å². The summed E-state index contributed by atoms with van der Waals surface area (Å²) in [4.78, 5) is 33.3. The van der Waals surface area contributed by atoms with Gasteiger partial charge < -0.3 is 10.3 Å². The van der Waals surface area contributed by atoms with Crippen molar-refractivity contribution in [2.24, 2.45) is 0 Å². The maximum Gasteiger partial charge on any atom is 0.283 e. The van der Waals surface area contributed by atoms with Gasteiger partial charge in [-0.05, 0) is 62.7 Å². The van der Waals surface area contributed by atoms with Crippen molar-refractivity contribution in [3.05, 3.63) is 81.5 Å². The number of anilines is 1. The highest BCUT2D eigenvalue weighted by Gasteiger charge is 2.16. The molecule has 0 aliphatic carbocycles. The standard InChI is InChI=1S/C23H21FN4O2S/c1-13-4-9-18(14(2)10-13)26-20(29)12-31-23-27-19-11-15(3)25-21(19)22(30)28(23)17-7-5-16(24)6-8-17/h4-11,25H,12H2,1-3H3,(H,26,29). The Labute approximate surface area is 182 Å². The van der Waals surface area contributed by atoms with E-state index in [9.17, 15) is 14.0 Å². The topological polar surface area (TPSA) is 79.8 Å². The first-order valence-electron chi connectivity index (χ1n) is 9.70. The molecule has 0 unspecified atom stereocenters. The Balaban J connectivity index is 1.66. The number of fused-ring (bicyclic) bond motifs is 1. The van der Waals surface area contributed by atoms with Crippen LogP contribution in [0.2, 0.25) is 0 Å². The summed E-state index contributed by atoms with van der Waals surface area (Å²) < 4.78 is 14.8. The van der Waals surface area contributed by atoms with Crippen LogP contribution in [0.15, 0.2) is 58.5 Å².